The topological polar surface area (TPSA) is 37.4 Å². The molecule has 4 nitrogen and oxygen atoms in total. The molecule has 3 rings (SSSR count). The molecule has 110 valence electrons. The van der Waals surface area contributed by atoms with Crippen molar-refractivity contribution >= 4 is 5.82 Å². The highest BCUT2D eigenvalue weighted by atomic mass is 16.5. The van der Waals surface area contributed by atoms with E-state index in [0.29, 0.717) is 6.04 Å². The number of aromatic nitrogens is 1. The van der Waals surface area contributed by atoms with Gasteiger partial charge in [0, 0.05) is 24.8 Å². The molecule has 0 bridgehead atoms. The fourth-order valence-electron chi connectivity index (χ4n) is 2.81. The van der Waals surface area contributed by atoms with Crippen molar-refractivity contribution in [3.05, 3.63) is 23.4 Å². The number of morpholine rings is 1. The molecular formula is C16H25N3O. The Morgan fingerprint density at radius 3 is 3.00 bits per heavy atom. The lowest BCUT2D eigenvalue weighted by molar-refractivity contribution is 0.0925. The minimum atomic E-state index is 0.460. The lowest BCUT2D eigenvalue weighted by atomic mass is 10.1. The second-order valence-corrected chi connectivity index (χ2v) is 5.96. The molecule has 1 saturated carbocycles. The summed E-state index contributed by atoms with van der Waals surface area (Å²) >= 11 is 0. The van der Waals surface area contributed by atoms with E-state index in [0.717, 1.165) is 50.3 Å². The summed E-state index contributed by atoms with van der Waals surface area (Å²) < 4.78 is 5.59. The number of rotatable bonds is 5. The molecule has 1 unspecified atom stereocenters. The van der Waals surface area contributed by atoms with Crippen LogP contribution in [0, 0.1) is 6.92 Å². The third-order valence-electron chi connectivity index (χ3n) is 4.16. The van der Waals surface area contributed by atoms with Gasteiger partial charge in [-0.25, -0.2) is 4.98 Å². The Morgan fingerprint density at radius 1 is 1.40 bits per heavy atom. The number of aryl methyl sites for hydroxylation is 1. The van der Waals surface area contributed by atoms with Gasteiger partial charge in [-0.3, -0.25) is 0 Å². The van der Waals surface area contributed by atoms with E-state index in [-0.39, 0.29) is 0 Å². The van der Waals surface area contributed by atoms with Crippen LogP contribution in [0.5, 0.6) is 0 Å². The molecule has 1 aliphatic carbocycles. The fourth-order valence-corrected chi connectivity index (χ4v) is 2.81. The first-order chi connectivity index (χ1) is 9.76. The molecule has 2 fully saturated rings. The van der Waals surface area contributed by atoms with Crippen LogP contribution >= 0.6 is 0 Å². The number of anilines is 1. The predicted molar refractivity (Wildman–Crippen MR) is 81.1 cm³/mol. The van der Waals surface area contributed by atoms with Crippen molar-refractivity contribution in [1.29, 1.82) is 0 Å². The SMILES string of the molecule is CCC1COCCN1c1cc(CNC2CC2)cc(C)n1. The maximum Gasteiger partial charge on any atom is 0.129 e. The van der Waals surface area contributed by atoms with Crippen LogP contribution in [0.25, 0.3) is 0 Å². The molecular weight excluding hydrogens is 250 g/mol. The molecule has 1 aliphatic heterocycles. The summed E-state index contributed by atoms with van der Waals surface area (Å²) in [6.45, 7) is 7.85. The van der Waals surface area contributed by atoms with E-state index in [1.54, 1.807) is 0 Å². The summed E-state index contributed by atoms with van der Waals surface area (Å²) in [6, 6.07) is 5.65. The van der Waals surface area contributed by atoms with E-state index in [2.05, 4.69) is 36.2 Å². The smallest absolute Gasteiger partial charge is 0.129 e. The van der Waals surface area contributed by atoms with Crippen LogP contribution in [0.15, 0.2) is 12.1 Å². The lowest BCUT2D eigenvalue weighted by Crippen LogP contribution is -2.45. The van der Waals surface area contributed by atoms with Gasteiger partial charge in [-0.1, -0.05) is 6.92 Å². The number of hydrogen-bond acceptors (Lipinski definition) is 4. The van der Waals surface area contributed by atoms with Gasteiger partial charge in [0.1, 0.15) is 5.82 Å². The van der Waals surface area contributed by atoms with Gasteiger partial charge in [-0.2, -0.15) is 0 Å². The number of ether oxygens (including phenoxy) is 1. The van der Waals surface area contributed by atoms with Gasteiger partial charge in [0.15, 0.2) is 0 Å². The molecule has 4 heteroatoms. The largest absolute Gasteiger partial charge is 0.377 e. The molecule has 2 aliphatic rings. The van der Waals surface area contributed by atoms with Gasteiger partial charge in [-0.15, -0.1) is 0 Å². The molecule has 1 aromatic rings. The van der Waals surface area contributed by atoms with Gasteiger partial charge in [-0.05, 0) is 43.9 Å². The summed E-state index contributed by atoms with van der Waals surface area (Å²) in [5.74, 6) is 1.12. The normalized spacial score (nSPS) is 23.1. The van der Waals surface area contributed by atoms with Crippen LogP contribution in [-0.2, 0) is 11.3 Å². The van der Waals surface area contributed by atoms with Crippen molar-refractivity contribution in [1.82, 2.24) is 10.3 Å². The van der Waals surface area contributed by atoms with Gasteiger partial charge >= 0.3 is 0 Å². The van der Waals surface area contributed by atoms with Gasteiger partial charge in [0.05, 0.1) is 19.3 Å². The minimum absolute atomic E-state index is 0.460. The van der Waals surface area contributed by atoms with Crippen molar-refractivity contribution < 1.29 is 4.74 Å². The van der Waals surface area contributed by atoms with Gasteiger partial charge < -0.3 is 15.0 Å². The first-order valence-corrected chi connectivity index (χ1v) is 7.81. The van der Waals surface area contributed by atoms with Crippen LogP contribution in [0.3, 0.4) is 0 Å². The third-order valence-corrected chi connectivity index (χ3v) is 4.16. The van der Waals surface area contributed by atoms with Crippen LogP contribution in [0.1, 0.15) is 37.4 Å². The zero-order valence-electron chi connectivity index (χ0n) is 12.6. The molecule has 1 atom stereocenters. The first kappa shape index (κ1) is 13.8. The van der Waals surface area contributed by atoms with Gasteiger partial charge in [0.25, 0.3) is 0 Å². The average Bonchev–Trinajstić information content (AvgIpc) is 3.29. The Balaban J connectivity index is 1.76. The molecule has 1 aromatic heterocycles. The zero-order valence-corrected chi connectivity index (χ0v) is 12.6. The summed E-state index contributed by atoms with van der Waals surface area (Å²) in [7, 11) is 0. The predicted octanol–water partition coefficient (Wildman–Crippen LogP) is 2.26. The van der Waals surface area contributed by atoms with E-state index >= 15 is 0 Å². The van der Waals surface area contributed by atoms with Gasteiger partial charge in [0.2, 0.25) is 0 Å². The number of nitrogens with zero attached hydrogens (tertiary/aromatic N) is 2. The molecule has 0 aromatic carbocycles. The second kappa shape index (κ2) is 6.10. The van der Waals surface area contributed by atoms with Crippen LogP contribution < -0.4 is 10.2 Å². The Bertz CT molecular complexity index is 459. The van der Waals surface area contributed by atoms with Crippen molar-refractivity contribution in [3.63, 3.8) is 0 Å². The minimum Gasteiger partial charge on any atom is -0.377 e. The fraction of sp³-hybridized carbons (Fsp3) is 0.688. The summed E-state index contributed by atoms with van der Waals surface area (Å²) in [5, 5.41) is 3.58. The number of hydrogen-bond donors (Lipinski definition) is 1. The summed E-state index contributed by atoms with van der Waals surface area (Å²) in [4.78, 5) is 7.15. The van der Waals surface area contributed by atoms with Crippen LogP contribution in [-0.4, -0.2) is 36.8 Å². The van der Waals surface area contributed by atoms with E-state index in [4.69, 9.17) is 9.72 Å². The van der Waals surface area contributed by atoms with E-state index in [1.807, 2.05) is 0 Å². The van der Waals surface area contributed by atoms with Crippen molar-refractivity contribution in [3.8, 4) is 0 Å². The molecule has 0 spiro atoms. The highest BCUT2D eigenvalue weighted by Gasteiger charge is 2.24. The molecule has 1 N–H and O–H groups in total. The maximum absolute atomic E-state index is 5.59. The van der Waals surface area contributed by atoms with Crippen molar-refractivity contribution in [2.24, 2.45) is 0 Å². The summed E-state index contributed by atoms with van der Waals surface area (Å²) in [6.07, 6.45) is 3.77. The average molecular weight is 275 g/mol. The zero-order chi connectivity index (χ0) is 13.9. The molecule has 1 saturated heterocycles. The highest BCUT2D eigenvalue weighted by molar-refractivity contribution is 5.44. The Labute approximate surface area is 121 Å². The maximum atomic E-state index is 5.59. The van der Waals surface area contributed by atoms with E-state index < -0.39 is 0 Å². The monoisotopic (exact) mass is 275 g/mol. The molecule has 0 radical (unpaired) electrons. The quantitative estimate of drug-likeness (QED) is 0.894. The second-order valence-electron chi connectivity index (χ2n) is 5.96. The van der Waals surface area contributed by atoms with E-state index in [9.17, 15) is 0 Å². The molecule has 0 amide bonds. The summed E-state index contributed by atoms with van der Waals surface area (Å²) in [5.41, 5.74) is 2.46. The Morgan fingerprint density at radius 2 is 2.25 bits per heavy atom. The number of nitrogens with one attached hydrogen (secondary N) is 1. The number of pyridine rings is 1. The molecule has 2 heterocycles. The van der Waals surface area contributed by atoms with Crippen LogP contribution in [0.2, 0.25) is 0 Å². The van der Waals surface area contributed by atoms with Crippen molar-refractivity contribution in [2.45, 2.75) is 51.7 Å². The van der Waals surface area contributed by atoms with Crippen LogP contribution in [0.4, 0.5) is 5.82 Å². The van der Waals surface area contributed by atoms with E-state index in [1.165, 1.54) is 18.4 Å². The third kappa shape index (κ3) is 3.30. The lowest BCUT2D eigenvalue weighted by Gasteiger charge is -2.36. The molecule has 20 heavy (non-hydrogen) atoms. The highest BCUT2D eigenvalue weighted by Crippen LogP contribution is 2.23. The standard InChI is InChI=1S/C16H25N3O/c1-3-15-11-20-7-6-19(15)16-9-13(8-12(2)18-16)10-17-14-4-5-14/h8-9,14-15,17H,3-7,10-11H2,1-2H3. The first-order valence-electron chi connectivity index (χ1n) is 7.81. The van der Waals surface area contributed by atoms with Crippen molar-refractivity contribution in [2.75, 3.05) is 24.7 Å². The Hall–Kier alpha value is -1.13. The Kier molecular flexibility index (Phi) is 4.22.